The second-order valence-electron chi connectivity index (χ2n) is 7.73. The van der Waals surface area contributed by atoms with Crippen molar-refractivity contribution >= 4 is 0 Å². The van der Waals surface area contributed by atoms with E-state index in [2.05, 4.69) is 25.7 Å². The van der Waals surface area contributed by atoms with Gasteiger partial charge in [-0.15, -0.1) is 0 Å². The fourth-order valence-corrected chi connectivity index (χ4v) is 5.12. The Morgan fingerprint density at radius 2 is 1.57 bits per heavy atom. The van der Waals surface area contributed by atoms with Crippen LogP contribution in [0.15, 0.2) is 0 Å². The number of hydrogen-bond donors (Lipinski definition) is 0. The molecule has 2 rings (SSSR count). The summed E-state index contributed by atoms with van der Waals surface area (Å²) in [5, 5.41) is 0. The van der Waals surface area contributed by atoms with E-state index in [1.54, 1.807) is 0 Å². The summed E-state index contributed by atoms with van der Waals surface area (Å²) in [7, 11) is 0. The van der Waals surface area contributed by atoms with Crippen molar-refractivity contribution in [2.45, 2.75) is 84.7 Å². The van der Waals surface area contributed by atoms with E-state index in [-0.39, 0.29) is 0 Å². The summed E-state index contributed by atoms with van der Waals surface area (Å²) in [6.07, 6.45) is 13.6. The monoisotopic (exact) mass is 295 g/mol. The lowest BCUT2D eigenvalue weighted by atomic mass is 9.97. The van der Waals surface area contributed by atoms with Gasteiger partial charge in [0.25, 0.3) is 0 Å². The van der Waals surface area contributed by atoms with Gasteiger partial charge < -0.3 is 4.48 Å². The summed E-state index contributed by atoms with van der Waals surface area (Å²) in [6, 6.07) is 0. The molecule has 124 valence electrons. The van der Waals surface area contributed by atoms with Crippen molar-refractivity contribution in [2.24, 2.45) is 5.92 Å². The Bertz CT molecular complexity index is 277. The van der Waals surface area contributed by atoms with E-state index in [0.717, 1.165) is 12.1 Å². The van der Waals surface area contributed by atoms with Crippen LogP contribution in [0.3, 0.4) is 0 Å². The average Bonchev–Trinajstić information content (AvgIpc) is 3.13. The smallest absolute Gasteiger partial charge is 0.148 e. The number of nitrogens with zero attached hydrogens (tertiary/aromatic N) is 2. The summed E-state index contributed by atoms with van der Waals surface area (Å²) < 4.78 is 1.45. The largest absolute Gasteiger partial charge is 0.308 e. The Balaban J connectivity index is 2.13. The Kier molecular flexibility index (Phi) is 7.01. The van der Waals surface area contributed by atoms with Crippen LogP contribution in [-0.2, 0) is 0 Å². The third-order valence-corrected chi connectivity index (χ3v) is 5.99. The highest BCUT2D eigenvalue weighted by Gasteiger charge is 2.45. The fraction of sp³-hybridized carbons (Fsp3) is 1.00. The summed E-state index contributed by atoms with van der Waals surface area (Å²) in [6.45, 7) is 14.3. The van der Waals surface area contributed by atoms with Gasteiger partial charge in [-0.1, -0.05) is 33.6 Å². The first-order valence-corrected chi connectivity index (χ1v) is 9.83. The molecule has 0 radical (unpaired) electrons. The van der Waals surface area contributed by atoms with Crippen LogP contribution in [0.25, 0.3) is 0 Å². The molecule has 0 bridgehead atoms. The summed E-state index contributed by atoms with van der Waals surface area (Å²) in [5.41, 5.74) is 0. The van der Waals surface area contributed by atoms with E-state index in [9.17, 15) is 0 Å². The van der Waals surface area contributed by atoms with Crippen molar-refractivity contribution in [1.29, 1.82) is 0 Å². The van der Waals surface area contributed by atoms with Gasteiger partial charge >= 0.3 is 0 Å². The van der Waals surface area contributed by atoms with Crippen LogP contribution in [0.1, 0.15) is 78.6 Å². The Hall–Kier alpha value is -0.0800. The molecule has 2 nitrogen and oxygen atoms in total. The van der Waals surface area contributed by atoms with Crippen LogP contribution in [0, 0.1) is 5.92 Å². The van der Waals surface area contributed by atoms with E-state index < -0.39 is 0 Å². The lowest BCUT2D eigenvalue weighted by Gasteiger charge is -2.48. The molecule has 0 amide bonds. The fourth-order valence-electron chi connectivity index (χ4n) is 5.12. The molecule has 0 aromatic rings. The zero-order valence-electron chi connectivity index (χ0n) is 14.9. The molecule has 2 saturated heterocycles. The number of rotatable bonds is 9. The van der Waals surface area contributed by atoms with E-state index in [0.29, 0.717) is 0 Å². The predicted octanol–water partition coefficient (Wildman–Crippen LogP) is 4.65. The van der Waals surface area contributed by atoms with Crippen LogP contribution in [-0.4, -0.2) is 48.3 Å². The van der Waals surface area contributed by atoms with Crippen LogP contribution in [0.2, 0.25) is 0 Å². The molecule has 0 aliphatic carbocycles. The maximum absolute atomic E-state index is 2.89. The Labute approximate surface area is 133 Å². The summed E-state index contributed by atoms with van der Waals surface area (Å²) in [4.78, 5) is 2.89. The number of hydrogen-bond acceptors (Lipinski definition) is 1. The third-order valence-electron chi connectivity index (χ3n) is 5.99. The van der Waals surface area contributed by atoms with E-state index >= 15 is 0 Å². The van der Waals surface area contributed by atoms with Crippen molar-refractivity contribution in [3.05, 3.63) is 0 Å². The first-order valence-electron chi connectivity index (χ1n) is 9.83. The van der Waals surface area contributed by atoms with Crippen molar-refractivity contribution < 1.29 is 4.48 Å². The normalized spacial score (nSPS) is 25.3. The van der Waals surface area contributed by atoms with Gasteiger partial charge in [-0.2, -0.15) is 0 Å². The molecule has 2 unspecified atom stereocenters. The first-order chi connectivity index (χ1) is 10.2. The first kappa shape index (κ1) is 17.3. The molecule has 21 heavy (non-hydrogen) atoms. The Morgan fingerprint density at radius 3 is 2.14 bits per heavy atom. The second-order valence-corrected chi connectivity index (χ2v) is 7.73. The van der Waals surface area contributed by atoms with E-state index in [1.165, 1.54) is 95.0 Å². The minimum absolute atomic E-state index is 0.826. The lowest BCUT2D eigenvalue weighted by molar-refractivity contribution is -0.955. The molecule has 2 aliphatic rings. The minimum Gasteiger partial charge on any atom is -0.308 e. The van der Waals surface area contributed by atoms with Gasteiger partial charge in [0.05, 0.1) is 19.6 Å². The molecule has 2 heterocycles. The molecule has 0 aromatic carbocycles. The van der Waals surface area contributed by atoms with Crippen LogP contribution in [0.5, 0.6) is 0 Å². The average molecular weight is 296 g/mol. The van der Waals surface area contributed by atoms with E-state index in [1.807, 2.05) is 0 Å². The SMILES string of the molecule is CCCCC[N+]1(C(C(C)CCC)N2CCCC2)CCCC1. The predicted molar refractivity (Wildman–Crippen MR) is 92.3 cm³/mol. The minimum atomic E-state index is 0.826. The number of unbranched alkanes of at least 4 members (excludes halogenated alkanes) is 2. The highest BCUT2D eigenvalue weighted by molar-refractivity contribution is 4.77. The molecule has 2 heteroatoms. The molecule has 0 saturated carbocycles. The Morgan fingerprint density at radius 1 is 0.905 bits per heavy atom. The molecule has 2 fully saturated rings. The third kappa shape index (κ3) is 4.22. The maximum atomic E-state index is 2.89. The highest BCUT2D eigenvalue weighted by Crippen LogP contribution is 2.34. The summed E-state index contributed by atoms with van der Waals surface area (Å²) in [5.74, 6) is 0.868. The van der Waals surface area contributed by atoms with E-state index in [4.69, 9.17) is 0 Å². The standard InChI is InChI=1S/C19H39N2/c1-4-6-9-15-21(16-10-11-17-21)19(18(3)12-5-2)20-13-7-8-14-20/h18-19H,4-17H2,1-3H3/q+1. The van der Waals surface area contributed by atoms with Crippen molar-refractivity contribution in [1.82, 2.24) is 4.90 Å². The van der Waals surface area contributed by atoms with Crippen molar-refractivity contribution in [3.8, 4) is 0 Å². The molecule has 2 aliphatic heterocycles. The molecular formula is C19H39N2+. The van der Waals surface area contributed by atoms with Gasteiger partial charge in [-0.25, -0.2) is 0 Å². The lowest BCUT2D eigenvalue weighted by Crippen LogP contribution is -2.63. The van der Waals surface area contributed by atoms with Crippen LogP contribution in [0.4, 0.5) is 0 Å². The molecule has 0 aromatic heterocycles. The maximum Gasteiger partial charge on any atom is 0.148 e. The summed E-state index contributed by atoms with van der Waals surface area (Å²) >= 11 is 0. The molecular weight excluding hydrogens is 256 g/mol. The van der Waals surface area contributed by atoms with Gasteiger partial charge in [0.15, 0.2) is 0 Å². The van der Waals surface area contributed by atoms with Crippen LogP contribution < -0.4 is 0 Å². The van der Waals surface area contributed by atoms with Gasteiger partial charge in [0, 0.05) is 31.8 Å². The topological polar surface area (TPSA) is 3.24 Å². The van der Waals surface area contributed by atoms with Crippen molar-refractivity contribution in [3.63, 3.8) is 0 Å². The zero-order valence-corrected chi connectivity index (χ0v) is 14.9. The molecule has 0 spiro atoms. The van der Waals surface area contributed by atoms with Gasteiger partial charge in [0.1, 0.15) is 6.17 Å². The highest BCUT2D eigenvalue weighted by atomic mass is 15.5. The molecule has 0 N–H and O–H groups in total. The molecule has 2 atom stereocenters. The zero-order chi connectivity index (χ0) is 15.1. The number of quaternary nitrogens is 1. The quantitative estimate of drug-likeness (QED) is 0.442. The van der Waals surface area contributed by atoms with Crippen molar-refractivity contribution in [2.75, 3.05) is 32.7 Å². The second kappa shape index (κ2) is 8.53. The van der Waals surface area contributed by atoms with Crippen LogP contribution >= 0.6 is 0 Å². The van der Waals surface area contributed by atoms with Gasteiger partial charge in [-0.05, 0) is 32.1 Å². The van der Waals surface area contributed by atoms with Gasteiger partial charge in [-0.3, -0.25) is 4.90 Å². The van der Waals surface area contributed by atoms with Gasteiger partial charge in [0.2, 0.25) is 0 Å². The number of likely N-dealkylation sites (tertiary alicyclic amines) is 2.